The summed E-state index contributed by atoms with van der Waals surface area (Å²) in [7, 11) is 0. The van der Waals surface area contributed by atoms with Gasteiger partial charge in [0.1, 0.15) is 0 Å². The normalized spacial score (nSPS) is 7.50. The average molecular weight is 300 g/mol. The van der Waals surface area contributed by atoms with Gasteiger partial charge in [-0.1, -0.05) is 0 Å². The molecule has 0 saturated carbocycles. The van der Waals surface area contributed by atoms with Gasteiger partial charge in [-0.2, -0.15) is 0 Å². The van der Waals surface area contributed by atoms with Gasteiger partial charge in [-0.25, -0.2) is 0 Å². The predicted octanol–water partition coefficient (Wildman–Crippen LogP) is 0.419. The van der Waals surface area contributed by atoms with Crippen LogP contribution in [0.4, 0.5) is 0 Å². The SMILES string of the molecule is O.O.[Cl][Gd]([Cl])[Cl]. The monoisotopic (exact) mass is 299 g/mol. The van der Waals surface area contributed by atoms with E-state index in [9.17, 15) is 0 Å². The molecule has 2 nitrogen and oxygen atoms in total. The second-order valence-corrected chi connectivity index (χ2v) is 10.1. The maximum atomic E-state index is 4.98. The van der Waals surface area contributed by atoms with Gasteiger partial charge >= 0.3 is 47.1 Å². The van der Waals surface area contributed by atoms with Crippen LogP contribution in [0.3, 0.4) is 0 Å². The third kappa shape index (κ3) is 35.8. The molecule has 0 amide bonds. The first-order chi connectivity index (χ1) is 1.73. The number of hydrogen-bond acceptors (Lipinski definition) is 0. The van der Waals surface area contributed by atoms with Crippen LogP contribution in [-0.2, 0) is 0 Å². The van der Waals surface area contributed by atoms with E-state index in [1.165, 1.54) is 0 Å². The Balaban J connectivity index is -0.0000000450. The third-order valence-electron chi connectivity index (χ3n) is 0. The third-order valence-corrected chi connectivity index (χ3v) is 0. The summed E-state index contributed by atoms with van der Waals surface area (Å²) in [5.74, 6) is 14.9. The predicted molar refractivity (Wildman–Crippen MR) is 24.8 cm³/mol. The van der Waals surface area contributed by atoms with E-state index >= 15 is 0 Å². The molecule has 6 heteroatoms. The summed E-state index contributed by atoms with van der Waals surface area (Å²) in [6.45, 7) is 0. The van der Waals surface area contributed by atoms with Crippen molar-refractivity contribution < 1.29 is 40.1 Å². The molecule has 0 aromatic heterocycles. The number of halogens is 3. The average Bonchev–Trinajstić information content (AvgIpc) is 0.811. The molecule has 0 saturated heterocycles. The minimum atomic E-state index is -1.98. The molecule has 0 atom stereocenters. The Hall–Kier alpha value is 2.11. The van der Waals surface area contributed by atoms with Gasteiger partial charge in [0.15, 0.2) is 0 Å². The molecule has 0 aromatic carbocycles. The Labute approximate surface area is 56.9 Å². The number of rotatable bonds is 0. The Kier molecular flexibility index (Phi) is 26.6. The van der Waals surface area contributed by atoms with Gasteiger partial charge in [0.25, 0.3) is 0 Å². The molecule has 4 N–H and O–H groups in total. The summed E-state index contributed by atoms with van der Waals surface area (Å²) >= 11 is -1.98. The summed E-state index contributed by atoms with van der Waals surface area (Å²) in [6, 6.07) is 0. The van der Waals surface area contributed by atoms with Crippen molar-refractivity contribution >= 4 is 17.9 Å². The molecule has 0 aliphatic carbocycles. The Morgan fingerprint density at radius 1 is 0.833 bits per heavy atom. The zero-order valence-electron chi connectivity index (χ0n) is 2.49. The molecule has 0 rings (SSSR count). The Morgan fingerprint density at radius 3 is 0.833 bits per heavy atom. The summed E-state index contributed by atoms with van der Waals surface area (Å²) in [5.41, 5.74) is 0. The van der Waals surface area contributed by atoms with Crippen molar-refractivity contribution in [3.8, 4) is 0 Å². The van der Waals surface area contributed by atoms with Crippen LogP contribution in [-0.4, -0.2) is 11.0 Å². The van der Waals surface area contributed by atoms with Gasteiger partial charge in [-0.05, 0) is 0 Å². The second kappa shape index (κ2) is 10.2. The van der Waals surface area contributed by atoms with Gasteiger partial charge in [-0.15, -0.1) is 0 Å². The molecule has 0 bridgehead atoms. The quantitative estimate of drug-likeness (QED) is 0.622. The van der Waals surface area contributed by atoms with E-state index in [0.29, 0.717) is 0 Å². The first-order valence-corrected chi connectivity index (χ1v) is 8.92. The van der Waals surface area contributed by atoms with Gasteiger partial charge in [0.05, 0.1) is 0 Å². The first kappa shape index (κ1) is 15.7. The summed E-state index contributed by atoms with van der Waals surface area (Å²) in [6.07, 6.45) is 0. The first-order valence-electron chi connectivity index (χ1n) is 0.401. The second-order valence-electron chi connectivity index (χ2n) is 0.152. The molecule has 0 aliphatic rings. The van der Waals surface area contributed by atoms with Crippen molar-refractivity contribution in [1.29, 1.82) is 0 Å². The van der Waals surface area contributed by atoms with Crippen molar-refractivity contribution in [3.05, 3.63) is 0 Å². The van der Waals surface area contributed by atoms with Crippen LogP contribution in [0.5, 0.6) is 0 Å². The topological polar surface area (TPSA) is 63.0 Å². The van der Waals surface area contributed by atoms with Crippen LogP contribution in [0.25, 0.3) is 0 Å². The van der Waals surface area contributed by atoms with Crippen LogP contribution in [0.2, 0.25) is 0 Å². The summed E-state index contributed by atoms with van der Waals surface area (Å²) in [5, 5.41) is 0. The standard InChI is InChI=1S/3ClH.Gd.2H2O/h3*1H;;2*1H2/q;;;+3;;/p-3. The fraction of sp³-hybridized carbons (Fsp3) is 0. The zero-order valence-corrected chi connectivity index (χ0v) is 7.02. The number of hydrogen-bond donors (Lipinski definition) is 0. The van der Waals surface area contributed by atoms with E-state index in [2.05, 4.69) is 0 Å². The Morgan fingerprint density at radius 2 is 0.833 bits per heavy atom. The molecule has 0 spiro atoms. The molecule has 6 heavy (non-hydrogen) atoms. The van der Waals surface area contributed by atoms with E-state index in [1.807, 2.05) is 0 Å². The van der Waals surface area contributed by atoms with Crippen LogP contribution in [0.1, 0.15) is 0 Å². The molecular weight excluding hydrogens is 296 g/mol. The van der Waals surface area contributed by atoms with Crippen molar-refractivity contribution in [2.45, 2.75) is 0 Å². The van der Waals surface area contributed by atoms with Gasteiger partial charge in [-0.3, -0.25) is 0 Å². The zero-order chi connectivity index (χ0) is 3.58. The molecule has 0 unspecified atom stereocenters. The molecular formula is H4Cl3GdO2. The van der Waals surface area contributed by atoms with E-state index < -0.39 is 29.2 Å². The van der Waals surface area contributed by atoms with Crippen LogP contribution in [0.15, 0.2) is 0 Å². The van der Waals surface area contributed by atoms with Gasteiger partial charge in [0, 0.05) is 0 Å². The van der Waals surface area contributed by atoms with Crippen LogP contribution < -0.4 is 0 Å². The fourth-order valence-electron chi connectivity index (χ4n) is 0. The van der Waals surface area contributed by atoms with Crippen molar-refractivity contribution in [2.75, 3.05) is 0 Å². The van der Waals surface area contributed by atoms with Crippen molar-refractivity contribution in [3.63, 3.8) is 0 Å². The van der Waals surface area contributed by atoms with Gasteiger partial charge < -0.3 is 11.0 Å². The van der Waals surface area contributed by atoms with Crippen LogP contribution in [0, 0.1) is 29.2 Å². The van der Waals surface area contributed by atoms with E-state index in [1.54, 1.807) is 0 Å². The molecule has 0 heterocycles. The summed E-state index contributed by atoms with van der Waals surface area (Å²) in [4.78, 5) is 0. The maximum absolute atomic E-state index is 4.98. The molecule has 0 radical (unpaired) electrons. The molecule has 45 valence electrons. The van der Waals surface area contributed by atoms with E-state index in [-0.39, 0.29) is 11.0 Å². The molecule has 0 aliphatic heterocycles. The Bertz CT molecular complexity index is 13.5. The van der Waals surface area contributed by atoms with E-state index in [0.717, 1.165) is 0 Å². The fourth-order valence-corrected chi connectivity index (χ4v) is 0. The van der Waals surface area contributed by atoms with Crippen molar-refractivity contribution in [1.82, 2.24) is 0 Å². The van der Waals surface area contributed by atoms with Gasteiger partial charge in [0.2, 0.25) is 0 Å². The molecule has 0 fully saturated rings. The molecule has 0 aromatic rings. The van der Waals surface area contributed by atoms with Crippen LogP contribution >= 0.6 is 17.9 Å². The van der Waals surface area contributed by atoms with Crippen molar-refractivity contribution in [2.24, 2.45) is 0 Å². The van der Waals surface area contributed by atoms with E-state index in [4.69, 9.17) is 17.9 Å². The summed E-state index contributed by atoms with van der Waals surface area (Å²) < 4.78 is 0. The minimum absolute atomic E-state index is 0.